The lowest BCUT2D eigenvalue weighted by Gasteiger charge is -2.21. The number of methoxy groups -OCH3 is 1. The monoisotopic (exact) mass is 336 g/mol. The van der Waals surface area contributed by atoms with Gasteiger partial charge in [-0.15, -0.1) is 11.8 Å². The second-order valence-corrected chi connectivity index (χ2v) is 6.64. The summed E-state index contributed by atoms with van der Waals surface area (Å²) in [6, 6.07) is 5.92. The zero-order valence-corrected chi connectivity index (χ0v) is 14.0. The number of benzene rings is 1. The van der Waals surface area contributed by atoms with Gasteiger partial charge in [0.15, 0.2) is 0 Å². The number of hydrogen-bond donors (Lipinski definition) is 2. The molecule has 0 fully saturated rings. The molecule has 0 radical (unpaired) electrons. The van der Waals surface area contributed by atoms with E-state index < -0.39 is 5.97 Å². The minimum absolute atomic E-state index is 0.00997. The first-order chi connectivity index (χ1) is 11.0. The highest BCUT2D eigenvalue weighted by molar-refractivity contribution is 8.00. The first-order valence-corrected chi connectivity index (χ1v) is 8.31. The zero-order valence-electron chi connectivity index (χ0n) is 13.2. The van der Waals surface area contributed by atoms with Crippen LogP contribution >= 0.6 is 11.8 Å². The molecule has 1 aromatic carbocycles. The predicted molar refractivity (Wildman–Crippen MR) is 88.4 cm³/mol. The second-order valence-electron chi connectivity index (χ2n) is 5.26. The number of esters is 1. The Morgan fingerprint density at radius 1 is 1.35 bits per heavy atom. The number of rotatable bonds is 6. The van der Waals surface area contributed by atoms with Gasteiger partial charge in [-0.3, -0.25) is 14.4 Å². The van der Waals surface area contributed by atoms with Crippen LogP contribution in [0.5, 0.6) is 0 Å². The van der Waals surface area contributed by atoms with Gasteiger partial charge in [-0.2, -0.15) is 0 Å². The number of nitrogens with one attached hydrogen (secondary N) is 2. The van der Waals surface area contributed by atoms with Crippen LogP contribution in [0.4, 0.5) is 5.69 Å². The molecule has 1 aliphatic rings. The van der Waals surface area contributed by atoms with E-state index in [9.17, 15) is 14.4 Å². The molecular formula is C16H20N2O4S. The van der Waals surface area contributed by atoms with Crippen LogP contribution in [0.3, 0.4) is 0 Å². The maximum atomic E-state index is 11.7. The molecule has 0 aliphatic carbocycles. The maximum Gasteiger partial charge on any atom is 0.306 e. The highest BCUT2D eigenvalue weighted by Crippen LogP contribution is 2.35. The number of anilines is 1. The van der Waals surface area contributed by atoms with Crippen LogP contribution in [0.2, 0.25) is 0 Å². The zero-order chi connectivity index (χ0) is 16.8. The third-order valence-corrected chi connectivity index (χ3v) is 4.67. The molecular weight excluding hydrogens is 316 g/mol. The minimum Gasteiger partial charge on any atom is -0.469 e. The van der Waals surface area contributed by atoms with Crippen LogP contribution < -0.4 is 10.6 Å². The number of thioether (sulfide) groups is 1. The van der Waals surface area contributed by atoms with Crippen molar-refractivity contribution in [2.24, 2.45) is 0 Å². The first-order valence-electron chi connectivity index (χ1n) is 7.43. The van der Waals surface area contributed by atoms with Crippen LogP contribution in [-0.2, 0) is 25.5 Å². The van der Waals surface area contributed by atoms with Crippen molar-refractivity contribution in [2.75, 3.05) is 19.0 Å². The Morgan fingerprint density at radius 3 is 2.87 bits per heavy atom. The Hall–Kier alpha value is -2.02. The second kappa shape index (κ2) is 8.01. The normalized spacial score (nSPS) is 16.3. The fourth-order valence-electron chi connectivity index (χ4n) is 2.16. The lowest BCUT2D eigenvalue weighted by atomic mass is 10.1. The van der Waals surface area contributed by atoms with E-state index in [0.29, 0.717) is 13.0 Å². The molecule has 0 aromatic heterocycles. The number of hydrogen-bond acceptors (Lipinski definition) is 5. The summed E-state index contributed by atoms with van der Waals surface area (Å²) in [5, 5.41) is 5.58. The summed E-state index contributed by atoms with van der Waals surface area (Å²) in [5.74, 6) is -0.556. The molecule has 7 heteroatoms. The third kappa shape index (κ3) is 4.99. The molecule has 0 saturated heterocycles. The summed E-state index contributed by atoms with van der Waals surface area (Å²) in [4.78, 5) is 35.3. The summed E-state index contributed by atoms with van der Waals surface area (Å²) in [6.45, 7) is 2.36. The smallest absolute Gasteiger partial charge is 0.306 e. The Morgan fingerprint density at radius 2 is 2.13 bits per heavy atom. The Bertz CT molecular complexity index is 618. The molecule has 1 heterocycles. The Balaban J connectivity index is 1.81. The predicted octanol–water partition coefficient (Wildman–Crippen LogP) is 1.73. The van der Waals surface area contributed by atoms with Gasteiger partial charge in [-0.1, -0.05) is 6.07 Å². The van der Waals surface area contributed by atoms with E-state index in [1.807, 2.05) is 25.1 Å². The molecule has 1 atom stereocenters. The fourth-order valence-corrected chi connectivity index (χ4v) is 3.09. The van der Waals surface area contributed by atoms with Crippen molar-refractivity contribution in [3.05, 3.63) is 23.8 Å². The van der Waals surface area contributed by atoms with E-state index in [1.54, 1.807) is 11.8 Å². The largest absolute Gasteiger partial charge is 0.469 e. The third-order valence-electron chi connectivity index (χ3n) is 3.49. The standard InChI is InChI=1S/C16H20N2O4S/c1-10-16(21)18-12-9-11(3-4-13(12)23-10)7-8-17-14(19)5-6-15(20)22-2/h3-4,9-10H,5-8H2,1-2H3,(H,17,19)(H,18,21). The number of amides is 2. The van der Waals surface area contributed by atoms with Crippen molar-refractivity contribution < 1.29 is 19.1 Å². The molecule has 2 N–H and O–H groups in total. The van der Waals surface area contributed by atoms with Crippen molar-refractivity contribution in [3.8, 4) is 0 Å². The van der Waals surface area contributed by atoms with Crippen molar-refractivity contribution in [1.29, 1.82) is 0 Å². The number of carbonyl (C=O) groups is 3. The van der Waals surface area contributed by atoms with Crippen molar-refractivity contribution >= 4 is 35.2 Å². The van der Waals surface area contributed by atoms with Crippen molar-refractivity contribution in [1.82, 2.24) is 5.32 Å². The molecule has 23 heavy (non-hydrogen) atoms. The van der Waals surface area contributed by atoms with Gasteiger partial charge in [-0.25, -0.2) is 0 Å². The molecule has 0 saturated carbocycles. The fraction of sp³-hybridized carbons (Fsp3) is 0.438. The molecule has 1 aromatic rings. The lowest BCUT2D eigenvalue weighted by molar-refractivity contribution is -0.142. The van der Waals surface area contributed by atoms with E-state index in [1.165, 1.54) is 7.11 Å². The lowest BCUT2D eigenvalue weighted by Crippen LogP contribution is -2.27. The minimum atomic E-state index is -0.391. The van der Waals surface area contributed by atoms with Crippen LogP contribution in [-0.4, -0.2) is 36.7 Å². The highest BCUT2D eigenvalue weighted by atomic mass is 32.2. The average molecular weight is 336 g/mol. The Labute approximate surface area is 139 Å². The number of fused-ring (bicyclic) bond motifs is 1. The Kier molecular flexibility index (Phi) is 6.04. The topological polar surface area (TPSA) is 84.5 Å². The van der Waals surface area contributed by atoms with Crippen LogP contribution in [0.25, 0.3) is 0 Å². The van der Waals surface area contributed by atoms with Crippen LogP contribution in [0.15, 0.2) is 23.1 Å². The molecule has 1 unspecified atom stereocenters. The summed E-state index contributed by atoms with van der Waals surface area (Å²) < 4.78 is 4.49. The van der Waals surface area contributed by atoms with Gasteiger partial charge in [0.1, 0.15) is 0 Å². The van der Waals surface area contributed by atoms with E-state index in [0.717, 1.165) is 16.1 Å². The molecule has 1 aliphatic heterocycles. The van der Waals surface area contributed by atoms with Crippen molar-refractivity contribution in [3.63, 3.8) is 0 Å². The number of ether oxygens (including phenoxy) is 1. The van der Waals surface area contributed by atoms with Gasteiger partial charge in [0.05, 0.1) is 24.5 Å². The number of carbonyl (C=O) groups excluding carboxylic acids is 3. The molecule has 0 bridgehead atoms. The van der Waals surface area contributed by atoms with Gasteiger partial charge in [-0.05, 0) is 31.0 Å². The quantitative estimate of drug-likeness (QED) is 0.773. The van der Waals surface area contributed by atoms with Gasteiger partial charge in [0.2, 0.25) is 11.8 Å². The molecule has 124 valence electrons. The van der Waals surface area contributed by atoms with Gasteiger partial charge in [0, 0.05) is 17.9 Å². The summed E-state index contributed by atoms with van der Waals surface area (Å²) >= 11 is 1.54. The van der Waals surface area contributed by atoms with Gasteiger partial charge >= 0.3 is 5.97 Å². The van der Waals surface area contributed by atoms with E-state index in [-0.39, 0.29) is 29.9 Å². The molecule has 6 nitrogen and oxygen atoms in total. The molecule has 2 amide bonds. The van der Waals surface area contributed by atoms with Gasteiger partial charge < -0.3 is 15.4 Å². The highest BCUT2D eigenvalue weighted by Gasteiger charge is 2.22. The van der Waals surface area contributed by atoms with E-state index in [2.05, 4.69) is 15.4 Å². The summed E-state index contributed by atoms with van der Waals surface area (Å²) in [6.07, 6.45) is 0.872. The molecule has 0 spiro atoms. The van der Waals surface area contributed by atoms with E-state index in [4.69, 9.17) is 0 Å². The molecule has 2 rings (SSSR count). The van der Waals surface area contributed by atoms with E-state index >= 15 is 0 Å². The summed E-state index contributed by atoms with van der Waals surface area (Å²) in [7, 11) is 1.30. The SMILES string of the molecule is COC(=O)CCC(=O)NCCc1ccc2c(c1)NC(=O)C(C)S2. The average Bonchev–Trinajstić information content (AvgIpc) is 2.54. The summed E-state index contributed by atoms with van der Waals surface area (Å²) in [5.41, 5.74) is 1.86. The van der Waals surface area contributed by atoms with Crippen LogP contribution in [0.1, 0.15) is 25.3 Å². The van der Waals surface area contributed by atoms with Crippen molar-refractivity contribution in [2.45, 2.75) is 36.3 Å². The van der Waals surface area contributed by atoms with Gasteiger partial charge in [0.25, 0.3) is 0 Å². The van der Waals surface area contributed by atoms with Crippen LogP contribution in [0, 0.1) is 0 Å². The first kappa shape index (κ1) is 17.3. The maximum absolute atomic E-state index is 11.7.